The highest BCUT2D eigenvalue weighted by molar-refractivity contribution is 7.66. The van der Waals surface area contributed by atoms with Crippen LogP contribution in [0.4, 0.5) is 4.39 Å². The predicted octanol–water partition coefficient (Wildman–Crippen LogP) is -1.13. The zero-order valence-electron chi connectivity index (χ0n) is 15.5. The summed E-state index contributed by atoms with van der Waals surface area (Å²) in [4.78, 5) is 58.3. The van der Waals surface area contributed by atoms with Crippen LogP contribution in [0.15, 0.2) is 15.8 Å². The van der Waals surface area contributed by atoms with Crippen molar-refractivity contribution in [3.05, 3.63) is 27.0 Å². The largest absolute Gasteiger partial charge is 0.490 e. The number of ether oxygens (including phenoxy) is 1. The molecule has 184 valence electrons. The molecule has 17 nitrogen and oxygen atoms in total. The Bertz CT molecular complexity index is 1110. The van der Waals surface area contributed by atoms with Gasteiger partial charge in [-0.3, -0.25) is 14.3 Å². The summed E-state index contributed by atoms with van der Waals surface area (Å²) in [7, 11) is -17.1. The van der Waals surface area contributed by atoms with Crippen molar-refractivity contribution in [3.8, 4) is 0 Å². The van der Waals surface area contributed by atoms with E-state index in [1.807, 2.05) is 0 Å². The third-order valence-electron chi connectivity index (χ3n) is 3.84. The van der Waals surface area contributed by atoms with Gasteiger partial charge in [-0.15, -0.1) is 11.6 Å². The van der Waals surface area contributed by atoms with Crippen LogP contribution in [0.2, 0.25) is 0 Å². The number of nitrogens with zero attached hydrogens (tertiary/aromatic N) is 2. The molecule has 2 heterocycles. The SMILES string of the molecule is C[C@H](OP(=O)(O)OP(=O)(O)OP(=O)(O)O)[C@H]1O[C@@H](n2ncc(=O)[nH]c2=O)[C@@](Cl)(CF)C1O. The number of H-pyrrole nitrogens is 1. The fourth-order valence-electron chi connectivity index (χ4n) is 2.63. The Morgan fingerprint density at radius 2 is 1.88 bits per heavy atom. The van der Waals surface area contributed by atoms with Crippen LogP contribution in [0.5, 0.6) is 0 Å². The first kappa shape index (κ1) is 27.4. The first-order valence-electron chi connectivity index (χ1n) is 7.99. The number of nitrogens with one attached hydrogen (secondary N) is 1. The molecule has 6 N–H and O–H groups in total. The molecular formula is C10H16ClFN3O14P3. The monoisotopic (exact) mass is 549 g/mol. The van der Waals surface area contributed by atoms with Gasteiger partial charge in [0.15, 0.2) is 6.23 Å². The minimum absolute atomic E-state index is 0.384. The van der Waals surface area contributed by atoms with E-state index in [0.717, 1.165) is 6.92 Å². The van der Waals surface area contributed by atoms with E-state index in [4.69, 9.17) is 31.0 Å². The van der Waals surface area contributed by atoms with E-state index in [0.29, 0.717) is 10.9 Å². The average molecular weight is 550 g/mol. The minimum Gasteiger partial charge on any atom is -0.388 e. The maximum absolute atomic E-state index is 13.7. The summed E-state index contributed by atoms with van der Waals surface area (Å²) in [6.45, 7) is -0.598. The lowest BCUT2D eigenvalue weighted by Crippen LogP contribution is -2.48. The van der Waals surface area contributed by atoms with Crippen molar-refractivity contribution < 1.29 is 60.6 Å². The van der Waals surface area contributed by atoms with Gasteiger partial charge in [-0.05, 0) is 6.92 Å². The summed E-state index contributed by atoms with van der Waals surface area (Å²) in [5, 5.41) is 13.8. The molecule has 1 aliphatic rings. The molecule has 0 spiro atoms. The zero-order chi connectivity index (χ0) is 24.7. The molecule has 7 atom stereocenters. The Labute approximate surface area is 181 Å². The van der Waals surface area contributed by atoms with Crippen LogP contribution in [-0.4, -0.2) is 69.3 Å². The molecular weight excluding hydrogens is 533 g/mol. The zero-order valence-corrected chi connectivity index (χ0v) is 18.9. The molecule has 0 aromatic carbocycles. The number of phosphoric acid groups is 3. The van der Waals surface area contributed by atoms with Crippen LogP contribution < -0.4 is 11.2 Å². The minimum atomic E-state index is -5.82. The van der Waals surface area contributed by atoms with Gasteiger partial charge in [0, 0.05) is 0 Å². The first-order chi connectivity index (χ1) is 14.4. The van der Waals surface area contributed by atoms with Crippen molar-refractivity contribution in [3.63, 3.8) is 0 Å². The van der Waals surface area contributed by atoms with Crippen molar-refractivity contribution in [2.45, 2.75) is 36.3 Å². The summed E-state index contributed by atoms with van der Waals surface area (Å²) < 4.78 is 65.0. The molecule has 1 aliphatic heterocycles. The number of phosphoric ester groups is 1. The van der Waals surface area contributed by atoms with Gasteiger partial charge in [-0.2, -0.15) is 18.4 Å². The van der Waals surface area contributed by atoms with Gasteiger partial charge in [0.2, 0.25) is 0 Å². The molecule has 3 unspecified atom stereocenters. The second kappa shape index (κ2) is 9.43. The number of aliphatic hydroxyl groups is 1. The predicted molar refractivity (Wildman–Crippen MR) is 98.0 cm³/mol. The van der Waals surface area contributed by atoms with Gasteiger partial charge in [-0.25, -0.2) is 22.9 Å². The van der Waals surface area contributed by atoms with E-state index >= 15 is 0 Å². The highest BCUT2D eigenvalue weighted by atomic mass is 35.5. The molecule has 1 aromatic heterocycles. The standard InChI is InChI=1S/C10H16ClFN3O14P3/c1-4(27-31(22,23)29-32(24,25)28-30(19,20)21)6-7(17)10(11,3-12)8(26-6)15-9(18)14-5(16)2-13-15/h2,4,6-8,17H,3H2,1H3,(H,22,23)(H,24,25)(H,14,16,18)(H2,19,20,21)/t4-,6+,7?,8+,10+/m0/s1. The number of aliphatic hydroxyl groups excluding tert-OH is 1. The smallest absolute Gasteiger partial charge is 0.388 e. The lowest BCUT2D eigenvalue weighted by molar-refractivity contribution is -0.0793. The van der Waals surface area contributed by atoms with Gasteiger partial charge in [0.05, 0.1) is 6.10 Å². The molecule has 22 heteroatoms. The van der Waals surface area contributed by atoms with Crippen LogP contribution in [0.1, 0.15) is 13.2 Å². The summed E-state index contributed by atoms with van der Waals surface area (Å²) >= 11 is 6.06. The summed E-state index contributed by atoms with van der Waals surface area (Å²) in [5.41, 5.74) is -2.11. The van der Waals surface area contributed by atoms with Crippen LogP contribution in [-0.2, 0) is 31.6 Å². The lowest BCUT2D eigenvalue weighted by Gasteiger charge is -2.27. The van der Waals surface area contributed by atoms with Crippen molar-refractivity contribution in [1.29, 1.82) is 0 Å². The third kappa shape index (κ3) is 6.39. The highest BCUT2D eigenvalue weighted by Gasteiger charge is 2.59. The van der Waals surface area contributed by atoms with E-state index in [9.17, 15) is 37.7 Å². The molecule has 0 radical (unpaired) electrons. The number of aromatic amines is 1. The number of hydrogen-bond donors (Lipinski definition) is 6. The quantitative estimate of drug-likeness (QED) is 0.157. The molecule has 2 rings (SSSR count). The van der Waals surface area contributed by atoms with E-state index in [-0.39, 0.29) is 0 Å². The molecule has 0 amide bonds. The molecule has 0 bridgehead atoms. The van der Waals surface area contributed by atoms with Gasteiger partial charge in [0.1, 0.15) is 30.0 Å². The maximum atomic E-state index is 13.7. The summed E-state index contributed by atoms with van der Waals surface area (Å²) in [6, 6.07) is 0. The first-order valence-corrected chi connectivity index (χ1v) is 12.9. The number of hydrogen-bond acceptors (Lipinski definition) is 11. The number of rotatable bonds is 9. The Kier molecular flexibility index (Phi) is 8.07. The Balaban J connectivity index is 2.26. The number of halogens is 2. The number of alkyl halides is 2. The molecule has 0 aliphatic carbocycles. The molecule has 1 aromatic rings. The number of aromatic nitrogens is 3. The maximum Gasteiger partial charge on any atom is 0.490 e. The normalized spacial score (nSPS) is 31.1. The second-order valence-electron chi connectivity index (χ2n) is 6.24. The van der Waals surface area contributed by atoms with Crippen LogP contribution in [0, 0.1) is 0 Å². The Morgan fingerprint density at radius 3 is 2.38 bits per heavy atom. The van der Waals surface area contributed by atoms with Crippen molar-refractivity contribution in [1.82, 2.24) is 14.8 Å². The fraction of sp³-hybridized carbons (Fsp3) is 0.700. The Hall–Kier alpha value is -0.840. The third-order valence-corrected chi connectivity index (χ3v) is 8.28. The molecule has 32 heavy (non-hydrogen) atoms. The Morgan fingerprint density at radius 1 is 1.28 bits per heavy atom. The summed E-state index contributed by atoms with van der Waals surface area (Å²) in [6.07, 6.45) is -6.88. The van der Waals surface area contributed by atoms with Crippen LogP contribution >= 0.6 is 35.1 Å². The van der Waals surface area contributed by atoms with Crippen LogP contribution in [0.25, 0.3) is 0 Å². The molecule has 1 saturated heterocycles. The van der Waals surface area contributed by atoms with Gasteiger partial charge in [-0.1, -0.05) is 0 Å². The molecule has 0 saturated carbocycles. The van der Waals surface area contributed by atoms with E-state index in [1.165, 1.54) is 0 Å². The van der Waals surface area contributed by atoms with Crippen molar-refractivity contribution >= 4 is 35.1 Å². The molecule has 1 fully saturated rings. The highest BCUT2D eigenvalue weighted by Crippen LogP contribution is 2.66. The van der Waals surface area contributed by atoms with E-state index in [1.54, 1.807) is 4.98 Å². The lowest BCUT2D eigenvalue weighted by atomic mass is 9.98. The van der Waals surface area contributed by atoms with Gasteiger partial charge >= 0.3 is 29.2 Å². The van der Waals surface area contributed by atoms with Gasteiger partial charge in [0.25, 0.3) is 5.56 Å². The topological polar surface area (TPSA) is 257 Å². The average Bonchev–Trinajstić information content (AvgIpc) is 2.84. The van der Waals surface area contributed by atoms with Crippen molar-refractivity contribution in [2.75, 3.05) is 6.67 Å². The van der Waals surface area contributed by atoms with E-state index < -0.39 is 70.8 Å². The van der Waals surface area contributed by atoms with E-state index in [2.05, 4.69) is 18.2 Å². The van der Waals surface area contributed by atoms with Gasteiger partial charge < -0.3 is 29.4 Å². The fourth-order valence-corrected chi connectivity index (χ4v) is 6.10. The van der Waals surface area contributed by atoms with Crippen LogP contribution in [0.3, 0.4) is 0 Å². The second-order valence-corrected chi connectivity index (χ2v) is 11.3. The summed E-state index contributed by atoms with van der Waals surface area (Å²) in [5.74, 6) is 0. The van der Waals surface area contributed by atoms with Crippen molar-refractivity contribution in [2.24, 2.45) is 0 Å².